The highest BCUT2D eigenvalue weighted by molar-refractivity contribution is 6.24. The van der Waals surface area contributed by atoms with Crippen LogP contribution in [-0.2, 0) is 0 Å². The molecular formula is C53H33N3O. The second kappa shape index (κ2) is 13.6. The van der Waals surface area contributed by atoms with Crippen LogP contribution in [-0.4, -0.2) is 15.0 Å². The normalized spacial score (nSPS) is 11.5. The van der Waals surface area contributed by atoms with Crippen LogP contribution in [0, 0.1) is 0 Å². The Bertz CT molecular complexity index is 3240. The number of rotatable bonds is 6. The zero-order valence-electron chi connectivity index (χ0n) is 30.8. The van der Waals surface area contributed by atoms with Crippen LogP contribution in [0.25, 0.3) is 111 Å². The molecule has 0 amide bonds. The summed E-state index contributed by atoms with van der Waals surface area (Å²) in [7, 11) is 0. The van der Waals surface area contributed by atoms with Crippen LogP contribution in [0.5, 0.6) is 0 Å². The van der Waals surface area contributed by atoms with Crippen molar-refractivity contribution in [1.82, 2.24) is 15.0 Å². The van der Waals surface area contributed by atoms with E-state index >= 15 is 0 Å². The number of para-hydroxylation sites is 2. The summed E-state index contributed by atoms with van der Waals surface area (Å²) >= 11 is 0. The molecule has 0 bridgehead atoms. The molecule has 266 valence electrons. The average Bonchev–Trinajstić information content (AvgIpc) is 3.68. The Balaban J connectivity index is 0.942. The van der Waals surface area contributed by atoms with Crippen LogP contribution < -0.4 is 0 Å². The van der Waals surface area contributed by atoms with Crippen molar-refractivity contribution in [3.63, 3.8) is 0 Å². The SMILES string of the molecule is c1ccc(-c2ccc(-c3nc(-c4ccccc4)cc(-c4ccc(-c5ccc(-c6nc7ccccc7c7c6ccc6c8ccccc8oc67)cc5)cc4)n3)cc2)cc1. The van der Waals surface area contributed by atoms with Crippen LogP contribution in [0.1, 0.15) is 0 Å². The molecule has 57 heavy (non-hydrogen) atoms. The van der Waals surface area contributed by atoms with Crippen molar-refractivity contribution in [1.29, 1.82) is 0 Å². The Morgan fingerprint density at radius 2 is 0.789 bits per heavy atom. The zero-order valence-corrected chi connectivity index (χ0v) is 30.8. The van der Waals surface area contributed by atoms with Gasteiger partial charge in [0.2, 0.25) is 0 Å². The van der Waals surface area contributed by atoms with Gasteiger partial charge in [0.25, 0.3) is 0 Å². The second-order valence-electron chi connectivity index (χ2n) is 14.4. The molecule has 8 aromatic carbocycles. The van der Waals surface area contributed by atoms with Crippen molar-refractivity contribution in [3.8, 4) is 67.4 Å². The lowest BCUT2D eigenvalue weighted by molar-refractivity contribution is 0.673. The van der Waals surface area contributed by atoms with E-state index in [9.17, 15) is 0 Å². The average molecular weight is 728 g/mol. The third-order valence-corrected chi connectivity index (χ3v) is 10.9. The van der Waals surface area contributed by atoms with Gasteiger partial charge in [-0.3, -0.25) is 0 Å². The number of nitrogens with zero attached hydrogens (tertiary/aromatic N) is 3. The number of benzene rings is 8. The Morgan fingerprint density at radius 3 is 1.46 bits per heavy atom. The quantitative estimate of drug-likeness (QED) is 0.160. The first kappa shape index (κ1) is 32.7. The van der Waals surface area contributed by atoms with Crippen LogP contribution >= 0.6 is 0 Å². The first-order valence-electron chi connectivity index (χ1n) is 19.2. The van der Waals surface area contributed by atoms with Gasteiger partial charge in [0, 0.05) is 49.2 Å². The standard InChI is InChI=1S/C53H33N3O/c1-3-11-34(12-4-1)35-23-29-41(30-24-35)53-55-47(38-13-5-2-6-14-38)33-48(56-53)39-25-19-36(20-26-39)37-21-27-40(28-22-37)51-45-32-31-43-42-15-8-10-18-49(42)57-52(43)50(45)44-16-7-9-17-46(44)54-51/h1-33H. The predicted molar refractivity (Wildman–Crippen MR) is 235 cm³/mol. The van der Waals surface area contributed by atoms with E-state index in [4.69, 9.17) is 19.4 Å². The molecule has 0 aliphatic rings. The molecule has 0 N–H and O–H groups in total. The molecule has 3 heterocycles. The Morgan fingerprint density at radius 1 is 0.316 bits per heavy atom. The lowest BCUT2D eigenvalue weighted by atomic mass is 9.96. The summed E-state index contributed by atoms with van der Waals surface area (Å²) < 4.78 is 6.52. The van der Waals surface area contributed by atoms with Gasteiger partial charge in [0.1, 0.15) is 11.2 Å². The van der Waals surface area contributed by atoms with Gasteiger partial charge >= 0.3 is 0 Å². The Labute approximate surface area is 329 Å². The highest BCUT2D eigenvalue weighted by Gasteiger charge is 2.18. The fourth-order valence-corrected chi connectivity index (χ4v) is 8.01. The van der Waals surface area contributed by atoms with Gasteiger partial charge < -0.3 is 4.42 Å². The van der Waals surface area contributed by atoms with Crippen molar-refractivity contribution >= 4 is 43.6 Å². The highest BCUT2D eigenvalue weighted by Crippen LogP contribution is 2.41. The molecule has 0 atom stereocenters. The molecule has 4 heteroatoms. The third kappa shape index (κ3) is 5.83. The summed E-state index contributed by atoms with van der Waals surface area (Å²) in [5.41, 5.74) is 14.1. The van der Waals surface area contributed by atoms with Crippen LogP contribution in [0.15, 0.2) is 205 Å². The van der Waals surface area contributed by atoms with Gasteiger partial charge in [-0.15, -0.1) is 0 Å². The molecule has 0 unspecified atom stereocenters. The summed E-state index contributed by atoms with van der Waals surface area (Å²) in [6.07, 6.45) is 0. The molecule has 11 aromatic rings. The minimum absolute atomic E-state index is 0.696. The largest absolute Gasteiger partial charge is 0.455 e. The molecule has 3 aromatic heterocycles. The predicted octanol–water partition coefficient (Wildman–Crippen LogP) is 14.1. The van der Waals surface area contributed by atoms with Crippen LogP contribution in [0.4, 0.5) is 0 Å². The number of aromatic nitrogens is 3. The van der Waals surface area contributed by atoms with E-state index in [1.165, 1.54) is 5.56 Å². The fourth-order valence-electron chi connectivity index (χ4n) is 8.01. The van der Waals surface area contributed by atoms with Gasteiger partial charge in [0.15, 0.2) is 5.82 Å². The summed E-state index contributed by atoms with van der Waals surface area (Å²) in [6, 6.07) is 69.6. The maximum absolute atomic E-state index is 6.52. The van der Waals surface area contributed by atoms with Crippen LogP contribution in [0.2, 0.25) is 0 Å². The number of fused-ring (bicyclic) bond motifs is 7. The van der Waals surface area contributed by atoms with E-state index in [1.54, 1.807) is 0 Å². The van der Waals surface area contributed by atoms with E-state index < -0.39 is 0 Å². The molecular weight excluding hydrogens is 695 g/mol. The second-order valence-corrected chi connectivity index (χ2v) is 14.4. The highest BCUT2D eigenvalue weighted by atomic mass is 16.3. The van der Waals surface area contributed by atoms with E-state index in [0.29, 0.717) is 5.82 Å². The summed E-state index contributed by atoms with van der Waals surface area (Å²) in [6.45, 7) is 0. The van der Waals surface area contributed by atoms with E-state index in [1.807, 2.05) is 42.5 Å². The molecule has 0 radical (unpaired) electrons. The monoisotopic (exact) mass is 727 g/mol. The maximum atomic E-state index is 6.52. The van der Waals surface area contributed by atoms with Gasteiger partial charge in [0.05, 0.1) is 22.6 Å². The molecule has 0 aliphatic heterocycles. The van der Waals surface area contributed by atoms with Gasteiger partial charge in [-0.2, -0.15) is 0 Å². The lowest BCUT2D eigenvalue weighted by Crippen LogP contribution is -1.96. The molecule has 0 spiro atoms. The van der Waals surface area contributed by atoms with Crippen molar-refractivity contribution in [2.24, 2.45) is 0 Å². The number of pyridine rings is 1. The fraction of sp³-hybridized carbons (Fsp3) is 0. The zero-order chi connectivity index (χ0) is 37.7. The maximum Gasteiger partial charge on any atom is 0.160 e. The molecule has 11 rings (SSSR count). The van der Waals surface area contributed by atoms with Gasteiger partial charge in [-0.25, -0.2) is 15.0 Å². The molecule has 4 nitrogen and oxygen atoms in total. The minimum atomic E-state index is 0.696. The number of hydrogen-bond donors (Lipinski definition) is 0. The lowest BCUT2D eigenvalue weighted by Gasteiger charge is -2.12. The molecule has 0 saturated heterocycles. The topological polar surface area (TPSA) is 51.8 Å². The molecule has 0 fully saturated rings. The molecule has 0 aliphatic carbocycles. The van der Waals surface area contributed by atoms with Crippen molar-refractivity contribution in [2.45, 2.75) is 0 Å². The summed E-state index contributed by atoms with van der Waals surface area (Å²) in [5, 5.41) is 5.49. The smallest absolute Gasteiger partial charge is 0.160 e. The minimum Gasteiger partial charge on any atom is -0.455 e. The molecule has 0 saturated carbocycles. The van der Waals surface area contributed by atoms with E-state index in [2.05, 4.69) is 158 Å². The Hall–Kier alpha value is -7.69. The van der Waals surface area contributed by atoms with E-state index in [-0.39, 0.29) is 0 Å². The van der Waals surface area contributed by atoms with Crippen molar-refractivity contribution in [3.05, 3.63) is 200 Å². The summed E-state index contributed by atoms with van der Waals surface area (Å²) in [4.78, 5) is 15.3. The van der Waals surface area contributed by atoms with Crippen molar-refractivity contribution < 1.29 is 4.42 Å². The Kier molecular flexibility index (Phi) is 7.78. The van der Waals surface area contributed by atoms with E-state index in [0.717, 1.165) is 99.6 Å². The first-order valence-corrected chi connectivity index (χ1v) is 19.2. The van der Waals surface area contributed by atoms with Gasteiger partial charge in [-0.1, -0.05) is 176 Å². The van der Waals surface area contributed by atoms with Gasteiger partial charge in [-0.05, 0) is 46.5 Å². The number of hydrogen-bond acceptors (Lipinski definition) is 4. The van der Waals surface area contributed by atoms with Crippen LogP contribution in [0.3, 0.4) is 0 Å². The summed E-state index contributed by atoms with van der Waals surface area (Å²) in [5.74, 6) is 0.696. The number of furan rings is 1. The third-order valence-electron chi connectivity index (χ3n) is 10.9. The van der Waals surface area contributed by atoms with Crippen molar-refractivity contribution in [2.75, 3.05) is 0 Å². The first-order chi connectivity index (χ1) is 28.2.